The molecule has 0 saturated heterocycles. The molecule has 0 aliphatic heterocycles. The van der Waals surface area contributed by atoms with E-state index in [1.54, 1.807) is 41.7 Å². The number of imide groups is 1. The van der Waals surface area contributed by atoms with Crippen LogP contribution in [0.5, 0.6) is 0 Å². The van der Waals surface area contributed by atoms with E-state index in [4.69, 9.17) is 4.74 Å². The summed E-state index contributed by atoms with van der Waals surface area (Å²) in [4.78, 5) is 134. The lowest BCUT2D eigenvalue weighted by Gasteiger charge is -2.39. The number of nitrogens with one attached hydrogen (secondary N) is 5. The minimum absolute atomic E-state index is 0.0302. The largest absolute Gasteiger partial charge is 0.379 e. The van der Waals surface area contributed by atoms with Gasteiger partial charge >= 0.3 is 6.03 Å². The van der Waals surface area contributed by atoms with Gasteiger partial charge in [-0.05, 0) is 91.1 Å². The van der Waals surface area contributed by atoms with Crippen molar-refractivity contribution in [3.63, 3.8) is 0 Å². The van der Waals surface area contributed by atoms with Gasteiger partial charge in [0.2, 0.25) is 41.4 Å². The molecule has 0 spiro atoms. The average molecular weight is 1130 g/mol. The second kappa shape index (κ2) is 36.2. The number of carbonyl (C=O) groups is 9. The van der Waals surface area contributed by atoms with Gasteiger partial charge in [0.05, 0.1) is 5.60 Å². The second-order valence-electron chi connectivity index (χ2n) is 22.3. The molecule has 10 amide bonds. The number of ether oxygens (including phenoxy) is 1. The summed E-state index contributed by atoms with van der Waals surface area (Å²) in [6.07, 6.45) is 5.28. The van der Waals surface area contributed by atoms with E-state index in [2.05, 4.69) is 58.5 Å². The van der Waals surface area contributed by atoms with E-state index in [0.717, 1.165) is 18.0 Å². The average Bonchev–Trinajstić information content (AvgIpc) is 3.39. The van der Waals surface area contributed by atoms with E-state index < -0.39 is 101 Å². The standard InChI is InChI=1S/C58H104N10O10S/c1-23-27-28-39(11)32-44(64(18)48(69)31-36(5)6)51(71)61-43(24-2)54(74)67(21)47(35-79-30-29-68(25-3)26-4)55(75)66(20)46(34-58(15,16)78-22)53(73)62-49(41(13)38(9)10)56(76)65(19)45(33-40(12)37(7)8)52(72)63-57(77)60-42(14)50(70)59-17/h23,27,36-37,39,41-47,49H,9,12,24-26,28-35H2,1-8,10-11,13-22H3,(H,59,70)(H,61,71)(H,62,73)(H2,60,63,72,77)/b27-23+/t39-,41?,42?,43+,44+,45-,46+,47-,49+/m1/s1. The molecule has 9 atom stereocenters. The van der Waals surface area contributed by atoms with Gasteiger partial charge in [0.1, 0.15) is 42.3 Å². The maximum Gasteiger partial charge on any atom is 0.322 e. The van der Waals surface area contributed by atoms with Crippen LogP contribution in [0.2, 0.25) is 0 Å². The first-order valence-electron chi connectivity index (χ1n) is 28.0. The minimum atomic E-state index is -1.35. The number of urea groups is 1. The van der Waals surface area contributed by atoms with Crippen LogP contribution in [0.4, 0.5) is 4.79 Å². The molecule has 79 heavy (non-hydrogen) atoms. The smallest absolute Gasteiger partial charge is 0.322 e. The molecular weight excluding hydrogens is 1030 g/mol. The van der Waals surface area contributed by atoms with Crippen LogP contribution >= 0.6 is 11.8 Å². The molecule has 0 heterocycles. The molecule has 0 aromatic heterocycles. The summed E-state index contributed by atoms with van der Waals surface area (Å²) >= 11 is 1.47. The molecule has 0 aromatic rings. The normalized spacial score (nSPS) is 15.1. The van der Waals surface area contributed by atoms with Crippen molar-refractivity contribution in [2.24, 2.45) is 23.7 Å². The molecule has 0 rings (SSSR count). The van der Waals surface area contributed by atoms with Crippen LogP contribution in [-0.4, -0.2) is 199 Å². The van der Waals surface area contributed by atoms with Crippen LogP contribution in [0.15, 0.2) is 36.5 Å². The number of likely N-dealkylation sites (N-methyl/N-ethyl adjacent to an activating group) is 5. The lowest BCUT2D eigenvalue weighted by Crippen LogP contribution is -2.62. The second-order valence-corrected chi connectivity index (χ2v) is 23.5. The first kappa shape index (κ1) is 73.7. The van der Waals surface area contributed by atoms with Gasteiger partial charge in [0.25, 0.3) is 5.91 Å². The highest BCUT2D eigenvalue weighted by atomic mass is 32.2. The third-order valence-corrected chi connectivity index (χ3v) is 15.8. The van der Waals surface area contributed by atoms with Gasteiger partial charge in [0, 0.05) is 79.2 Å². The number of rotatable bonds is 36. The maximum absolute atomic E-state index is 15.3. The van der Waals surface area contributed by atoms with Gasteiger partial charge in [-0.2, -0.15) is 11.8 Å². The number of methoxy groups -OCH3 is 1. The first-order valence-corrected chi connectivity index (χ1v) is 29.2. The van der Waals surface area contributed by atoms with Crippen LogP contribution in [-0.2, 0) is 43.1 Å². The topological polar surface area (TPSA) is 239 Å². The highest BCUT2D eigenvalue weighted by Crippen LogP contribution is 2.25. The van der Waals surface area contributed by atoms with Crippen LogP contribution in [0, 0.1) is 23.7 Å². The number of allylic oxidation sites excluding steroid dienone is 2. The van der Waals surface area contributed by atoms with Crippen molar-refractivity contribution in [3.05, 3.63) is 36.5 Å². The molecular formula is C58H104N10O10S. The van der Waals surface area contributed by atoms with Crippen molar-refractivity contribution >= 4 is 65.1 Å². The molecule has 2 unspecified atom stereocenters. The molecule has 0 aromatic carbocycles. The summed E-state index contributed by atoms with van der Waals surface area (Å²) in [7, 11) is 8.85. The highest BCUT2D eigenvalue weighted by Gasteiger charge is 2.43. The van der Waals surface area contributed by atoms with Crippen LogP contribution in [0.1, 0.15) is 135 Å². The molecule has 0 radical (unpaired) electrons. The van der Waals surface area contributed by atoms with Gasteiger partial charge in [0.15, 0.2) is 0 Å². The molecule has 0 saturated carbocycles. The molecule has 452 valence electrons. The van der Waals surface area contributed by atoms with Crippen molar-refractivity contribution in [2.75, 3.05) is 73.5 Å². The van der Waals surface area contributed by atoms with E-state index >= 15 is 9.59 Å². The number of amides is 10. The zero-order chi connectivity index (χ0) is 61.2. The van der Waals surface area contributed by atoms with Gasteiger partial charge in [-0.15, -0.1) is 0 Å². The number of nitrogens with zero attached hydrogens (tertiary/aromatic N) is 5. The van der Waals surface area contributed by atoms with E-state index in [0.29, 0.717) is 36.3 Å². The molecule has 21 heteroatoms. The SMILES string of the molecule is C=C(C[C@H](C(=O)NC(=O)NC(C)C(=O)NC)N(C)C(=O)[C@@H](NC(=O)[C@H](CC(C)(C)OC)N(C)C(=O)[C@@H](CSCCN(CC)CC)N(C)C(=O)[C@H](CC)NC(=O)[C@H](C[C@H](C)C/C=C/C)N(C)C(=O)CC(C)C)C(C)C(=C)C)C(C)C. The molecule has 20 nitrogen and oxygen atoms in total. The fourth-order valence-corrected chi connectivity index (χ4v) is 9.63. The summed E-state index contributed by atoms with van der Waals surface area (Å²) in [6.45, 7) is 36.3. The Bertz CT molecular complexity index is 2080. The van der Waals surface area contributed by atoms with Crippen molar-refractivity contribution in [2.45, 2.75) is 183 Å². The Morgan fingerprint density at radius 2 is 1.25 bits per heavy atom. The van der Waals surface area contributed by atoms with Gasteiger partial charge in [-0.3, -0.25) is 43.7 Å². The highest BCUT2D eigenvalue weighted by molar-refractivity contribution is 7.99. The Hall–Kier alpha value is -5.28. The third kappa shape index (κ3) is 24.5. The predicted molar refractivity (Wildman–Crippen MR) is 317 cm³/mol. The summed E-state index contributed by atoms with van der Waals surface area (Å²) in [5, 5.41) is 12.9. The fourth-order valence-electron chi connectivity index (χ4n) is 8.49. The number of thioether (sulfide) groups is 1. The summed E-state index contributed by atoms with van der Waals surface area (Å²) in [5.41, 5.74) is 0.103. The molecule has 0 aliphatic rings. The number of carbonyl (C=O) groups excluding carboxylic acids is 9. The molecule has 0 bridgehead atoms. The Kier molecular flexibility index (Phi) is 33.7. The Balaban J connectivity index is 7.58. The zero-order valence-electron chi connectivity index (χ0n) is 51.9. The zero-order valence-corrected chi connectivity index (χ0v) is 52.7. The summed E-state index contributed by atoms with van der Waals surface area (Å²) in [5.74, 6) is -4.61. The van der Waals surface area contributed by atoms with Gasteiger partial charge in [-0.1, -0.05) is 98.8 Å². The van der Waals surface area contributed by atoms with Crippen LogP contribution in [0.3, 0.4) is 0 Å². The first-order chi connectivity index (χ1) is 36.7. The van der Waals surface area contributed by atoms with Crippen molar-refractivity contribution in [1.29, 1.82) is 0 Å². The Labute approximate surface area is 479 Å². The third-order valence-electron chi connectivity index (χ3n) is 14.8. The lowest BCUT2D eigenvalue weighted by atomic mass is 9.91. The van der Waals surface area contributed by atoms with Gasteiger partial charge in [-0.25, -0.2) is 4.79 Å². The van der Waals surface area contributed by atoms with E-state index in [1.807, 2.05) is 53.7 Å². The monoisotopic (exact) mass is 1130 g/mol. The minimum Gasteiger partial charge on any atom is -0.379 e. The molecule has 5 N–H and O–H groups in total. The van der Waals surface area contributed by atoms with Crippen LogP contribution < -0.4 is 26.6 Å². The summed E-state index contributed by atoms with van der Waals surface area (Å²) in [6, 6.07) is -9.01. The van der Waals surface area contributed by atoms with Crippen molar-refractivity contribution in [1.82, 2.24) is 51.1 Å². The quantitative estimate of drug-likeness (QED) is 0.0393. The lowest BCUT2D eigenvalue weighted by molar-refractivity contribution is -0.150. The van der Waals surface area contributed by atoms with E-state index in [1.165, 1.54) is 68.7 Å². The Morgan fingerprint density at radius 3 is 1.75 bits per heavy atom. The van der Waals surface area contributed by atoms with E-state index in [9.17, 15) is 33.6 Å². The predicted octanol–water partition coefficient (Wildman–Crippen LogP) is 5.38. The fraction of sp³-hybridized carbons (Fsp3) is 0.741. The summed E-state index contributed by atoms with van der Waals surface area (Å²) < 4.78 is 5.82. The van der Waals surface area contributed by atoms with Gasteiger partial charge < -0.3 is 50.5 Å². The Morgan fingerprint density at radius 1 is 0.696 bits per heavy atom. The van der Waals surface area contributed by atoms with Crippen molar-refractivity contribution < 1.29 is 47.9 Å². The maximum atomic E-state index is 15.3. The van der Waals surface area contributed by atoms with E-state index in [-0.39, 0.29) is 55.1 Å². The molecule has 0 fully saturated rings. The van der Waals surface area contributed by atoms with Crippen molar-refractivity contribution in [3.8, 4) is 0 Å². The number of hydrogen-bond donors (Lipinski definition) is 5. The molecule has 0 aliphatic carbocycles. The number of hydrogen-bond acceptors (Lipinski definition) is 12. The van der Waals surface area contributed by atoms with Crippen LogP contribution in [0.25, 0.3) is 0 Å².